The zero-order chi connectivity index (χ0) is 20.0. The van der Waals surface area contributed by atoms with Gasteiger partial charge in [0.2, 0.25) is 5.95 Å². The van der Waals surface area contributed by atoms with Crippen LogP contribution in [0.4, 0.5) is 5.95 Å². The molecule has 11 heteroatoms. The van der Waals surface area contributed by atoms with Crippen LogP contribution in [0.3, 0.4) is 0 Å². The van der Waals surface area contributed by atoms with Crippen LogP contribution in [0.5, 0.6) is 0 Å². The van der Waals surface area contributed by atoms with Crippen molar-refractivity contribution >= 4 is 25.9 Å². The third-order valence-corrected chi connectivity index (χ3v) is 7.43. The van der Waals surface area contributed by atoms with Gasteiger partial charge in [0.25, 0.3) is 5.56 Å². The second kappa shape index (κ2) is 6.98. The first kappa shape index (κ1) is 20.0. The molecule has 2 aromatic heterocycles. The summed E-state index contributed by atoms with van der Waals surface area (Å²) in [7, 11) is -1.53. The first-order chi connectivity index (χ1) is 12.7. The number of imidazole rings is 1. The molecule has 0 aromatic carbocycles. The number of aromatic nitrogens is 4. The van der Waals surface area contributed by atoms with E-state index in [9.17, 15) is 20.1 Å². The maximum Gasteiger partial charge on any atom is 0.280 e. The van der Waals surface area contributed by atoms with Crippen molar-refractivity contribution in [2.45, 2.75) is 62.4 Å². The first-order valence-electron chi connectivity index (χ1n) is 8.96. The molecule has 10 nitrogen and oxygen atoms in total. The zero-order valence-corrected chi connectivity index (χ0v) is 16.6. The minimum absolute atomic E-state index is 0.0650. The lowest BCUT2D eigenvalue weighted by molar-refractivity contribution is -0.148. The molecule has 0 amide bonds. The molecule has 3 heterocycles. The number of fused-ring (bicyclic) bond motifs is 1. The molecule has 3 rings (SSSR count). The molecule has 1 fully saturated rings. The van der Waals surface area contributed by atoms with E-state index in [1.54, 1.807) is 0 Å². The Morgan fingerprint density at radius 3 is 2.78 bits per heavy atom. The summed E-state index contributed by atoms with van der Waals surface area (Å²) in [6.45, 7) is 5.39. The van der Waals surface area contributed by atoms with Crippen LogP contribution in [-0.2, 0) is 10.1 Å². The van der Waals surface area contributed by atoms with Gasteiger partial charge in [0.05, 0.1) is 12.9 Å². The molecule has 4 atom stereocenters. The van der Waals surface area contributed by atoms with E-state index in [1.165, 1.54) is 10.9 Å². The van der Waals surface area contributed by atoms with Crippen molar-refractivity contribution in [3.63, 3.8) is 0 Å². The number of nitrogens with two attached hydrogens (primary N) is 1. The molecule has 0 bridgehead atoms. The number of nitrogen functional groups attached to an aromatic ring is 1. The number of aliphatic hydroxyl groups is 3. The van der Waals surface area contributed by atoms with Gasteiger partial charge in [0.15, 0.2) is 16.5 Å². The lowest BCUT2D eigenvalue weighted by atomic mass is 9.88. The van der Waals surface area contributed by atoms with Crippen LogP contribution in [0.2, 0.25) is 13.1 Å². The fourth-order valence-corrected chi connectivity index (χ4v) is 6.18. The molecule has 1 aliphatic rings. The Labute approximate surface area is 157 Å². The molecule has 0 unspecified atom stereocenters. The van der Waals surface area contributed by atoms with Gasteiger partial charge < -0.3 is 25.8 Å². The molecule has 0 saturated carbocycles. The molecular formula is C16H26N5O5Si. The number of unbranched alkanes of at least 4 members (excludes halogenated alkanes) is 1. The quantitative estimate of drug-likeness (QED) is 0.402. The Balaban J connectivity index is 2.31. The van der Waals surface area contributed by atoms with Crippen molar-refractivity contribution in [2.75, 3.05) is 12.3 Å². The van der Waals surface area contributed by atoms with Crippen molar-refractivity contribution in [3.8, 4) is 0 Å². The monoisotopic (exact) mass is 396 g/mol. The Morgan fingerprint density at radius 2 is 2.19 bits per heavy atom. The Morgan fingerprint density at radius 1 is 1.48 bits per heavy atom. The number of nitrogens with one attached hydrogen (secondary N) is 1. The second-order valence-electron chi connectivity index (χ2n) is 7.19. The number of anilines is 1. The maximum absolute atomic E-state index is 12.2. The Kier molecular flexibility index (Phi) is 5.16. The highest BCUT2D eigenvalue weighted by Gasteiger charge is 2.67. The van der Waals surface area contributed by atoms with Crippen LogP contribution < -0.4 is 11.3 Å². The highest BCUT2D eigenvalue weighted by molar-refractivity contribution is 6.58. The van der Waals surface area contributed by atoms with E-state index in [2.05, 4.69) is 15.0 Å². The van der Waals surface area contributed by atoms with Crippen molar-refractivity contribution in [1.29, 1.82) is 0 Å². The normalized spacial score (nSPS) is 31.2. The topological polar surface area (TPSA) is 160 Å². The summed E-state index contributed by atoms with van der Waals surface area (Å²) in [6.07, 6.45) is 0.826. The van der Waals surface area contributed by atoms with Crippen molar-refractivity contribution in [2.24, 2.45) is 0 Å². The van der Waals surface area contributed by atoms with Gasteiger partial charge in [-0.25, -0.2) is 4.98 Å². The number of aromatic amines is 1. The summed E-state index contributed by atoms with van der Waals surface area (Å²) >= 11 is 0. The molecular weight excluding hydrogens is 370 g/mol. The van der Waals surface area contributed by atoms with Crippen molar-refractivity contribution in [3.05, 3.63) is 16.7 Å². The summed E-state index contributed by atoms with van der Waals surface area (Å²) in [5.74, 6) is -0.0836. The van der Waals surface area contributed by atoms with Gasteiger partial charge in [-0.1, -0.05) is 32.9 Å². The minimum Gasteiger partial charge on any atom is -0.394 e. The third-order valence-electron chi connectivity index (χ3n) is 5.28. The van der Waals surface area contributed by atoms with E-state index in [0.717, 1.165) is 6.42 Å². The molecule has 1 radical (unpaired) electrons. The highest BCUT2D eigenvalue weighted by atomic mass is 28.3. The molecule has 6 N–H and O–H groups in total. The van der Waals surface area contributed by atoms with Crippen LogP contribution in [0.15, 0.2) is 11.1 Å². The summed E-state index contributed by atoms with van der Waals surface area (Å²) in [6, 6.07) is 0. The van der Waals surface area contributed by atoms with E-state index < -0.39 is 44.1 Å². The zero-order valence-electron chi connectivity index (χ0n) is 15.6. The fourth-order valence-electron chi connectivity index (χ4n) is 4.01. The van der Waals surface area contributed by atoms with Crippen molar-refractivity contribution < 1.29 is 20.1 Å². The number of nitrogens with zero attached hydrogens (tertiary/aromatic N) is 3. The van der Waals surface area contributed by atoms with Gasteiger partial charge in [-0.05, 0) is 6.42 Å². The number of hydrogen-bond acceptors (Lipinski definition) is 8. The van der Waals surface area contributed by atoms with Crippen LogP contribution in [0.25, 0.3) is 11.2 Å². The lowest BCUT2D eigenvalue weighted by Gasteiger charge is -2.45. The van der Waals surface area contributed by atoms with E-state index in [0.29, 0.717) is 6.42 Å². The van der Waals surface area contributed by atoms with Crippen molar-refractivity contribution in [1.82, 2.24) is 19.5 Å². The molecule has 0 aliphatic carbocycles. The molecule has 2 aromatic rings. The SMILES string of the molecule is CCCC[C@@]1(O)[C@H](O)[C@@H](CO)O[C@]1(n1cnc2c(=O)[nH]c(N)nc21)[Si](C)C. The van der Waals surface area contributed by atoms with Gasteiger partial charge >= 0.3 is 0 Å². The van der Waals surface area contributed by atoms with Crippen LogP contribution in [-0.4, -0.2) is 68.1 Å². The largest absolute Gasteiger partial charge is 0.394 e. The van der Waals surface area contributed by atoms with E-state index in [4.69, 9.17) is 10.5 Å². The molecule has 1 saturated heterocycles. The van der Waals surface area contributed by atoms with Crippen LogP contribution in [0, 0.1) is 0 Å². The number of aliphatic hydroxyl groups excluding tert-OH is 2. The summed E-state index contributed by atoms with van der Waals surface area (Å²) in [4.78, 5) is 22.9. The number of hydrogen-bond donors (Lipinski definition) is 5. The fraction of sp³-hybridized carbons (Fsp3) is 0.688. The Bertz CT molecular complexity index is 886. The number of H-pyrrole nitrogens is 1. The predicted octanol–water partition coefficient (Wildman–Crippen LogP) is -0.678. The van der Waals surface area contributed by atoms with Gasteiger partial charge in [0, 0.05) is 0 Å². The van der Waals surface area contributed by atoms with Gasteiger partial charge in [-0.3, -0.25) is 14.3 Å². The average Bonchev–Trinajstić information content (AvgIpc) is 3.12. The van der Waals surface area contributed by atoms with E-state index in [-0.39, 0.29) is 23.5 Å². The van der Waals surface area contributed by atoms with E-state index in [1.807, 2.05) is 20.0 Å². The summed E-state index contributed by atoms with van der Waals surface area (Å²) in [5.41, 5.74) is 3.76. The maximum atomic E-state index is 12.2. The van der Waals surface area contributed by atoms with E-state index >= 15 is 0 Å². The smallest absolute Gasteiger partial charge is 0.280 e. The third kappa shape index (κ3) is 2.72. The average molecular weight is 397 g/mol. The minimum atomic E-state index is -1.68. The Hall–Kier alpha value is -1.79. The molecule has 1 aliphatic heterocycles. The number of rotatable bonds is 6. The molecule has 27 heavy (non-hydrogen) atoms. The van der Waals surface area contributed by atoms with Crippen LogP contribution >= 0.6 is 0 Å². The summed E-state index contributed by atoms with van der Waals surface area (Å²) in [5, 5.41) is 30.8. The highest BCUT2D eigenvalue weighted by Crippen LogP contribution is 2.49. The predicted molar refractivity (Wildman–Crippen MR) is 100 cm³/mol. The van der Waals surface area contributed by atoms with Gasteiger partial charge in [-0.15, -0.1) is 0 Å². The lowest BCUT2D eigenvalue weighted by Crippen LogP contribution is -2.63. The summed E-state index contributed by atoms with van der Waals surface area (Å²) < 4.78 is 7.65. The molecule has 0 spiro atoms. The number of ether oxygens (including phenoxy) is 1. The first-order valence-corrected chi connectivity index (χ1v) is 11.5. The molecule has 149 valence electrons. The second-order valence-corrected chi connectivity index (χ2v) is 9.87. The van der Waals surface area contributed by atoms with Gasteiger partial charge in [-0.2, -0.15) is 4.98 Å². The standard InChI is InChI=1S/C16H26N5O5Si/c1-4-5-6-15(25)11(23)9(7-22)26-16(15,27(2)3)21-8-18-10-12(21)19-14(17)20-13(10)24/h8-9,11,22-23,25H,4-7H2,1-3H3,(H3,17,19,20,24)/t9-,11-,15-,16+/m1/s1. The van der Waals surface area contributed by atoms with Gasteiger partial charge in [0.1, 0.15) is 26.6 Å². The van der Waals surface area contributed by atoms with Crippen LogP contribution in [0.1, 0.15) is 26.2 Å².